The van der Waals surface area contributed by atoms with Crippen LogP contribution in [0.25, 0.3) is 11.0 Å². The molecular formula is C31H31F3N2O3S. The fourth-order valence-corrected chi connectivity index (χ4v) is 6.68. The highest BCUT2D eigenvalue weighted by Gasteiger charge is 2.47. The lowest BCUT2D eigenvalue weighted by Crippen LogP contribution is -2.35. The van der Waals surface area contributed by atoms with E-state index in [-0.39, 0.29) is 31.0 Å². The number of carbonyl (C=O) groups excluding carboxylic acids is 1. The molecule has 2 unspecified atom stereocenters. The zero-order valence-corrected chi connectivity index (χ0v) is 22.8. The molecule has 210 valence electrons. The van der Waals surface area contributed by atoms with E-state index in [1.807, 2.05) is 47.8 Å². The average molecular weight is 569 g/mol. The van der Waals surface area contributed by atoms with Crippen molar-refractivity contribution in [2.45, 2.75) is 63.6 Å². The summed E-state index contributed by atoms with van der Waals surface area (Å²) >= 11 is 1.53. The summed E-state index contributed by atoms with van der Waals surface area (Å²) in [5.41, 5.74) is 2.43. The van der Waals surface area contributed by atoms with Crippen LogP contribution in [0, 0.1) is 11.8 Å². The number of Topliss-reactive ketones (excluding diaryl/α,β-unsaturated/α-hetero) is 1. The van der Waals surface area contributed by atoms with E-state index in [1.165, 1.54) is 11.3 Å². The predicted molar refractivity (Wildman–Crippen MR) is 149 cm³/mol. The highest BCUT2D eigenvalue weighted by molar-refractivity contribution is 7.09. The van der Waals surface area contributed by atoms with Crippen LogP contribution in [-0.4, -0.2) is 32.6 Å². The summed E-state index contributed by atoms with van der Waals surface area (Å²) in [6.07, 6.45) is -1.74. The van der Waals surface area contributed by atoms with Crippen LogP contribution < -0.4 is 0 Å². The number of fused-ring (bicyclic) bond motifs is 1. The Kier molecular flexibility index (Phi) is 8.40. The molecule has 2 heterocycles. The SMILES string of the molecule is O=C(O)C[C@@H](CC(=O)c1ccc2c(c1)nc(Cc1cccs1)n2C1CCCCC1C(F)(F)F)Cc1ccccc1. The number of aromatic nitrogens is 2. The number of benzene rings is 2. The van der Waals surface area contributed by atoms with E-state index < -0.39 is 24.1 Å². The standard InChI is InChI=1S/C31H31F3N2O3S/c32-31(33,34)24-10-4-5-11-26(24)36-27-13-12-22(18-25(27)35-29(36)19-23-9-6-14-40-23)28(37)16-21(17-30(38)39)15-20-7-2-1-3-8-20/h1-3,6-9,12-14,18,21,24,26H,4-5,10-11,15-17,19H2,(H,38,39)/t21-,24?,26?/m1/s1. The number of nitrogens with zero attached hydrogens (tertiary/aromatic N) is 2. The van der Waals surface area contributed by atoms with Gasteiger partial charge in [-0.3, -0.25) is 9.59 Å². The van der Waals surface area contributed by atoms with Gasteiger partial charge in [0.1, 0.15) is 5.82 Å². The Morgan fingerprint density at radius 3 is 2.50 bits per heavy atom. The van der Waals surface area contributed by atoms with E-state index in [0.717, 1.165) is 16.9 Å². The normalized spacial score (nSPS) is 18.6. The molecule has 0 amide bonds. The Morgan fingerprint density at radius 2 is 1.80 bits per heavy atom. The molecule has 40 heavy (non-hydrogen) atoms. The van der Waals surface area contributed by atoms with Crippen LogP contribution in [0.4, 0.5) is 13.2 Å². The molecule has 0 bridgehead atoms. The maximum absolute atomic E-state index is 14.1. The third kappa shape index (κ3) is 6.46. The molecule has 5 nitrogen and oxygen atoms in total. The summed E-state index contributed by atoms with van der Waals surface area (Å²) in [6.45, 7) is 0. The molecule has 2 aromatic carbocycles. The molecular weight excluding hydrogens is 537 g/mol. The summed E-state index contributed by atoms with van der Waals surface area (Å²) in [5, 5.41) is 11.4. The molecule has 0 saturated heterocycles. The fourth-order valence-electron chi connectivity index (χ4n) is 5.98. The van der Waals surface area contributed by atoms with E-state index in [9.17, 15) is 27.9 Å². The first kappa shape index (κ1) is 28.1. The van der Waals surface area contributed by atoms with Crippen LogP contribution >= 0.6 is 11.3 Å². The second-order valence-corrected chi connectivity index (χ2v) is 11.7. The molecule has 1 N–H and O–H groups in total. The van der Waals surface area contributed by atoms with Crippen molar-refractivity contribution >= 4 is 34.1 Å². The molecule has 1 aliphatic carbocycles. The van der Waals surface area contributed by atoms with Gasteiger partial charge in [0.15, 0.2) is 5.78 Å². The minimum absolute atomic E-state index is 0.0498. The fraction of sp³-hybridized carbons (Fsp3) is 0.387. The number of halogens is 3. The summed E-state index contributed by atoms with van der Waals surface area (Å²) in [4.78, 5) is 30.6. The van der Waals surface area contributed by atoms with Gasteiger partial charge in [0.25, 0.3) is 0 Å². The smallest absolute Gasteiger partial charge is 0.393 e. The number of aliphatic carboxylic acids is 1. The van der Waals surface area contributed by atoms with Crippen LogP contribution in [0.15, 0.2) is 66.0 Å². The van der Waals surface area contributed by atoms with Crippen LogP contribution in [0.5, 0.6) is 0 Å². The van der Waals surface area contributed by atoms with E-state index >= 15 is 0 Å². The van der Waals surface area contributed by atoms with Gasteiger partial charge in [-0.25, -0.2) is 4.98 Å². The van der Waals surface area contributed by atoms with Gasteiger partial charge in [0, 0.05) is 35.7 Å². The summed E-state index contributed by atoms with van der Waals surface area (Å²) in [6, 6.07) is 17.6. The van der Waals surface area contributed by atoms with Crippen LogP contribution in [-0.2, 0) is 17.6 Å². The third-order valence-electron chi connectivity index (χ3n) is 7.78. The zero-order valence-electron chi connectivity index (χ0n) is 21.9. The maximum Gasteiger partial charge on any atom is 0.393 e. The molecule has 1 fully saturated rings. The summed E-state index contributed by atoms with van der Waals surface area (Å²) < 4.78 is 44.1. The van der Waals surface area contributed by atoms with Crippen molar-refractivity contribution in [2.24, 2.45) is 11.8 Å². The molecule has 2 aromatic heterocycles. The van der Waals surface area contributed by atoms with Gasteiger partial charge in [0.2, 0.25) is 0 Å². The van der Waals surface area contributed by atoms with Gasteiger partial charge < -0.3 is 9.67 Å². The molecule has 5 rings (SSSR count). The molecule has 1 saturated carbocycles. The quantitative estimate of drug-likeness (QED) is 0.198. The number of carboxylic acids is 1. The number of rotatable bonds is 10. The Hall–Kier alpha value is -3.46. The minimum Gasteiger partial charge on any atom is -0.481 e. The number of hydrogen-bond donors (Lipinski definition) is 1. The molecule has 3 atom stereocenters. The van der Waals surface area contributed by atoms with Crippen molar-refractivity contribution in [1.82, 2.24) is 9.55 Å². The molecule has 9 heteroatoms. The van der Waals surface area contributed by atoms with Crippen LogP contribution in [0.3, 0.4) is 0 Å². The van der Waals surface area contributed by atoms with Crippen molar-refractivity contribution < 1.29 is 27.9 Å². The van der Waals surface area contributed by atoms with E-state index in [4.69, 9.17) is 4.98 Å². The number of hydrogen-bond acceptors (Lipinski definition) is 4. The molecule has 0 radical (unpaired) electrons. The number of carbonyl (C=O) groups is 2. The van der Waals surface area contributed by atoms with Crippen molar-refractivity contribution in [1.29, 1.82) is 0 Å². The van der Waals surface area contributed by atoms with Gasteiger partial charge in [-0.1, -0.05) is 49.2 Å². The lowest BCUT2D eigenvalue weighted by Gasteiger charge is -2.35. The van der Waals surface area contributed by atoms with E-state index in [2.05, 4.69) is 0 Å². The van der Waals surface area contributed by atoms with Crippen LogP contribution in [0.1, 0.15) is 71.2 Å². The molecule has 0 aliphatic heterocycles. The Balaban J connectivity index is 1.48. The summed E-state index contributed by atoms with van der Waals surface area (Å²) in [7, 11) is 0. The zero-order chi connectivity index (χ0) is 28.3. The van der Waals surface area contributed by atoms with Gasteiger partial charge >= 0.3 is 12.1 Å². The first-order valence-corrected chi connectivity index (χ1v) is 14.5. The molecule has 0 spiro atoms. The van der Waals surface area contributed by atoms with Crippen molar-refractivity contribution in [3.05, 3.63) is 87.9 Å². The number of imidazole rings is 1. The average Bonchev–Trinajstić information content (AvgIpc) is 3.55. The molecule has 1 aliphatic rings. The second-order valence-electron chi connectivity index (χ2n) is 10.6. The van der Waals surface area contributed by atoms with E-state index in [0.29, 0.717) is 48.1 Å². The number of alkyl halides is 3. The van der Waals surface area contributed by atoms with Gasteiger partial charge in [-0.2, -0.15) is 13.2 Å². The Morgan fingerprint density at radius 1 is 1.02 bits per heavy atom. The maximum atomic E-state index is 14.1. The number of carboxylic acid groups (broad SMARTS) is 1. The Bertz CT molecular complexity index is 1460. The first-order chi connectivity index (χ1) is 19.2. The van der Waals surface area contributed by atoms with E-state index in [1.54, 1.807) is 22.8 Å². The lowest BCUT2D eigenvalue weighted by atomic mass is 9.83. The minimum atomic E-state index is -4.31. The topological polar surface area (TPSA) is 72.2 Å². The van der Waals surface area contributed by atoms with Crippen LogP contribution in [0.2, 0.25) is 0 Å². The number of ketones is 1. The van der Waals surface area contributed by atoms with Gasteiger partial charge in [0.05, 0.1) is 17.0 Å². The second kappa shape index (κ2) is 12.0. The van der Waals surface area contributed by atoms with Crippen molar-refractivity contribution in [3.8, 4) is 0 Å². The monoisotopic (exact) mass is 568 g/mol. The molecule has 4 aromatic rings. The highest BCUT2D eigenvalue weighted by atomic mass is 32.1. The third-order valence-corrected chi connectivity index (χ3v) is 8.66. The Labute approximate surface area is 234 Å². The number of thiophene rings is 1. The lowest BCUT2D eigenvalue weighted by molar-refractivity contribution is -0.193. The first-order valence-electron chi connectivity index (χ1n) is 13.6. The predicted octanol–water partition coefficient (Wildman–Crippen LogP) is 7.89. The summed E-state index contributed by atoms with van der Waals surface area (Å²) in [5.74, 6) is -2.44. The highest BCUT2D eigenvalue weighted by Crippen LogP contribution is 2.45. The van der Waals surface area contributed by atoms with Crippen molar-refractivity contribution in [2.75, 3.05) is 0 Å². The van der Waals surface area contributed by atoms with Gasteiger partial charge in [-0.05, 0) is 60.4 Å². The van der Waals surface area contributed by atoms with Gasteiger partial charge in [-0.15, -0.1) is 11.3 Å². The largest absolute Gasteiger partial charge is 0.481 e. The van der Waals surface area contributed by atoms with Crippen molar-refractivity contribution in [3.63, 3.8) is 0 Å².